The lowest BCUT2D eigenvalue weighted by Crippen LogP contribution is -2.24. The molecule has 3 unspecified atom stereocenters. The first kappa shape index (κ1) is 11.0. The Hall–Kier alpha value is -0.0400. The van der Waals surface area contributed by atoms with Crippen LogP contribution >= 0.6 is 0 Å². The molecule has 0 saturated heterocycles. The van der Waals surface area contributed by atoms with Gasteiger partial charge in [0.25, 0.3) is 0 Å². The van der Waals surface area contributed by atoms with Gasteiger partial charge >= 0.3 is 0 Å². The maximum Gasteiger partial charge on any atom is 0.0708 e. The number of hydrogen-bond acceptors (Lipinski definition) is 1. The van der Waals surface area contributed by atoms with Gasteiger partial charge in [0.05, 0.1) is 5.60 Å². The Labute approximate surface area is 82.5 Å². The fraction of sp³-hybridized carbons (Fsp3) is 1.00. The van der Waals surface area contributed by atoms with Crippen LogP contribution in [0.3, 0.4) is 0 Å². The average molecular weight is 184 g/mol. The Balaban J connectivity index is 2.38. The highest BCUT2D eigenvalue weighted by atomic mass is 16.3. The highest BCUT2D eigenvalue weighted by Crippen LogP contribution is 2.53. The van der Waals surface area contributed by atoms with Crippen LogP contribution < -0.4 is 0 Å². The van der Waals surface area contributed by atoms with E-state index in [1.165, 1.54) is 19.3 Å². The molecule has 1 heteroatoms. The summed E-state index contributed by atoms with van der Waals surface area (Å²) in [7, 11) is 0. The molecule has 0 spiro atoms. The van der Waals surface area contributed by atoms with Crippen LogP contribution in [-0.2, 0) is 0 Å². The van der Waals surface area contributed by atoms with Crippen molar-refractivity contribution in [3.8, 4) is 0 Å². The summed E-state index contributed by atoms with van der Waals surface area (Å²) < 4.78 is 0. The molecule has 1 saturated carbocycles. The molecule has 1 aliphatic carbocycles. The van der Waals surface area contributed by atoms with Crippen molar-refractivity contribution in [2.75, 3.05) is 0 Å². The van der Waals surface area contributed by atoms with Crippen molar-refractivity contribution in [2.45, 2.75) is 64.9 Å². The van der Waals surface area contributed by atoms with Gasteiger partial charge in [-0.05, 0) is 24.7 Å². The molecule has 1 aliphatic rings. The van der Waals surface area contributed by atoms with Crippen molar-refractivity contribution >= 4 is 0 Å². The minimum Gasteiger partial charge on any atom is -0.389 e. The van der Waals surface area contributed by atoms with E-state index >= 15 is 0 Å². The molecule has 13 heavy (non-hydrogen) atoms. The van der Waals surface area contributed by atoms with E-state index in [0.717, 1.165) is 19.3 Å². The second kappa shape index (κ2) is 4.45. The third kappa shape index (κ3) is 2.25. The zero-order chi connectivity index (χ0) is 9.90. The van der Waals surface area contributed by atoms with Crippen molar-refractivity contribution in [1.82, 2.24) is 0 Å². The van der Waals surface area contributed by atoms with Gasteiger partial charge in [-0.25, -0.2) is 0 Å². The normalized spacial score (nSPS) is 34.6. The van der Waals surface area contributed by atoms with E-state index in [1.807, 2.05) is 0 Å². The van der Waals surface area contributed by atoms with Gasteiger partial charge < -0.3 is 5.11 Å². The molecule has 78 valence electrons. The lowest BCUT2D eigenvalue weighted by Gasteiger charge is -2.22. The molecular weight excluding hydrogens is 160 g/mol. The molecule has 0 aromatic heterocycles. The maximum atomic E-state index is 10.3. The Kier molecular flexibility index (Phi) is 3.78. The summed E-state index contributed by atoms with van der Waals surface area (Å²) in [6.45, 7) is 6.62. The van der Waals surface area contributed by atoms with Crippen LogP contribution in [0.4, 0.5) is 0 Å². The molecule has 0 aromatic carbocycles. The Morgan fingerprint density at radius 1 is 1.38 bits per heavy atom. The second-order valence-corrected chi connectivity index (χ2v) is 4.55. The van der Waals surface area contributed by atoms with Crippen molar-refractivity contribution < 1.29 is 5.11 Å². The van der Waals surface area contributed by atoms with E-state index in [0.29, 0.717) is 11.8 Å². The SMILES string of the molecule is CCCCC(CC)C1(O)CC1CC. The first-order valence-corrected chi connectivity index (χ1v) is 5.91. The molecule has 0 heterocycles. The fourth-order valence-electron chi connectivity index (χ4n) is 2.59. The molecule has 3 atom stereocenters. The van der Waals surface area contributed by atoms with Crippen LogP contribution in [0.1, 0.15) is 59.3 Å². The quantitative estimate of drug-likeness (QED) is 0.671. The van der Waals surface area contributed by atoms with Crippen LogP contribution in [0.2, 0.25) is 0 Å². The van der Waals surface area contributed by atoms with Gasteiger partial charge in [0.2, 0.25) is 0 Å². The minimum absolute atomic E-state index is 0.265. The molecule has 0 amide bonds. The molecule has 1 fully saturated rings. The summed E-state index contributed by atoms with van der Waals surface area (Å²) in [5, 5.41) is 10.3. The van der Waals surface area contributed by atoms with Crippen molar-refractivity contribution in [3.63, 3.8) is 0 Å². The number of hydrogen-bond donors (Lipinski definition) is 1. The highest BCUT2D eigenvalue weighted by molar-refractivity contribution is 5.06. The summed E-state index contributed by atoms with van der Waals surface area (Å²) in [6, 6.07) is 0. The first-order chi connectivity index (χ1) is 6.19. The number of aliphatic hydroxyl groups is 1. The van der Waals surface area contributed by atoms with E-state index in [-0.39, 0.29) is 5.60 Å². The van der Waals surface area contributed by atoms with Crippen molar-refractivity contribution in [1.29, 1.82) is 0 Å². The van der Waals surface area contributed by atoms with Crippen LogP contribution in [0.25, 0.3) is 0 Å². The van der Waals surface area contributed by atoms with Gasteiger partial charge in [0.15, 0.2) is 0 Å². The molecule has 0 bridgehead atoms. The number of unbranched alkanes of at least 4 members (excludes halogenated alkanes) is 1. The summed E-state index contributed by atoms with van der Waals surface area (Å²) in [4.78, 5) is 0. The predicted molar refractivity (Wildman–Crippen MR) is 56.7 cm³/mol. The summed E-state index contributed by atoms with van der Waals surface area (Å²) in [5.74, 6) is 1.17. The van der Waals surface area contributed by atoms with Gasteiger partial charge in [-0.15, -0.1) is 0 Å². The highest BCUT2D eigenvalue weighted by Gasteiger charge is 2.55. The molecule has 0 radical (unpaired) electrons. The van der Waals surface area contributed by atoms with Gasteiger partial charge in [0.1, 0.15) is 0 Å². The lowest BCUT2D eigenvalue weighted by atomic mass is 9.89. The first-order valence-electron chi connectivity index (χ1n) is 5.91. The summed E-state index contributed by atoms with van der Waals surface area (Å²) in [5.41, 5.74) is -0.265. The summed E-state index contributed by atoms with van der Waals surface area (Å²) in [6.07, 6.45) is 7.11. The zero-order valence-electron chi connectivity index (χ0n) is 9.34. The maximum absolute atomic E-state index is 10.3. The van der Waals surface area contributed by atoms with Crippen LogP contribution in [-0.4, -0.2) is 10.7 Å². The third-order valence-corrected chi connectivity index (χ3v) is 3.72. The van der Waals surface area contributed by atoms with E-state index in [9.17, 15) is 5.11 Å². The zero-order valence-corrected chi connectivity index (χ0v) is 9.34. The van der Waals surface area contributed by atoms with Crippen LogP contribution in [0.15, 0.2) is 0 Å². The van der Waals surface area contributed by atoms with Gasteiger partial charge in [-0.2, -0.15) is 0 Å². The fourth-order valence-corrected chi connectivity index (χ4v) is 2.59. The molecule has 1 N–H and O–H groups in total. The monoisotopic (exact) mass is 184 g/mol. The Bertz CT molecular complexity index is 155. The van der Waals surface area contributed by atoms with Crippen LogP contribution in [0, 0.1) is 11.8 Å². The van der Waals surface area contributed by atoms with Gasteiger partial charge in [0, 0.05) is 0 Å². The van der Waals surface area contributed by atoms with Gasteiger partial charge in [-0.1, -0.05) is 46.5 Å². The van der Waals surface area contributed by atoms with Crippen LogP contribution in [0.5, 0.6) is 0 Å². The smallest absolute Gasteiger partial charge is 0.0708 e. The molecule has 0 aromatic rings. The lowest BCUT2D eigenvalue weighted by molar-refractivity contribution is 0.0564. The molecular formula is C12H24O. The average Bonchev–Trinajstić information content (AvgIpc) is 2.79. The Morgan fingerprint density at radius 2 is 2.08 bits per heavy atom. The largest absolute Gasteiger partial charge is 0.389 e. The van der Waals surface area contributed by atoms with Crippen molar-refractivity contribution in [2.24, 2.45) is 11.8 Å². The van der Waals surface area contributed by atoms with E-state index in [2.05, 4.69) is 20.8 Å². The van der Waals surface area contributed by atoms with E-state index in [4.69, 9.17) is 0 Å². The van der Waals surface area contributed by atoms with E-state index < -0.39 is 0 Å². The second-order valence-electron chi connectivity index (χ2n) is 4.55. The minimum atomic E-state index is -0.265. The van der Waals surface area contributed by atoms with E-state index in [1.54, 1.807) is 0 Å². The third-order valence-electron chi connectivity index (χ3n) is 3.72. The molecule has 1 nitrogen and oxygen atoms in total. The molecule has 0 aliphatic heterocycles. The standard InChI is InChI=1S/C12H24O/c1-4-7-8-10(5-2)12(13)9-11(12)6-3/h10-11,13H,4-9H2,1-3H3. The summed E-state index contributed by atoms with van der Waals surface area (Å²) >= 11 is 0. The van der Waals surface area contributed by atoms with Gasteiger partial charge in [-0.3, -0.25) is 0 Å². The molecule has 1 rings (SSSR count). The Morgan fingerprint density at radius 3 is 2.46 bits per heavy atom. The number of rotatable bonds is 6. The topological polar surface area (TPSA) is 20.2 Å². The predicted octanol–water partition coefficient (Wildman–Crippen LogP) is 3.36. The van der Waals surface area contributed by atoms with Crippen molar-refractivity contribution in [3.05, 3.63) is 0 Å².